The van der Waals surface area contributed by atoms with Crippen LogP contribution in [0.2, 0.25) is 0 Å². The molecule has 0 bridgehead atoms. The second kappa shape index (κ2) is 5.03. The average Bonchev–Trinajstić information content (AvgIpc) is 3.25. The van der Waals surface area contributed by atoms with Crippen molar-refractivity contribution in [3.63, 3.8) is 0 Å². The summed E-state index contributed by atoms with van der Waals surface area (Å²) in [5.74, 6) is 1.44. The van der Waals surface area contributed by atoms with Gasteiger partial charge in [-0.2, -0.15) is 0 Å². The van der Waals surface area contributed by atoms with Crippen LogP contribution >= 0.6 is 11.3 Å². The number of furan rings is 1. The van der Waals surface area contributed by atoms with Crippen LogP contribution < -0.4 is 5.73 Å². The van der Waals surface area contributed by atoms with Crippen LogP contribution in [0.4, 0.5) is 5.82 Å². The van der Waals surface area contributed by atoms with Gasteiger partial charge in [-0.3, -0.25) is 4.40 Å². The van der Waals surface area contributed by atoms with Crippen molar-refractivity contribution in [1.29, 1.82) is 0 Å². The lowest BCUT2D eigenvalue weighted by Gasteiger charge is -2.02. The standard InChI is InChI=1S/C17H15N3OS/c1-2-11-5-7-12(8-6-11)15-16(18)20-13(10-22-17(20)19-15)14-4-3-9-21-14/h3-10H,2,18H2,1H3. The Hall–Kier alpha value is -2.53. The normalized spacial score (nSPS) is 11.3. The van der Waals surface area contributed by atoms with Crippen LogP contribution in [0.15, 0.2) is 52.5 Å². The van der Waals surface area contributed by atoms with Crippen molar-refractivity contribution in [1.82, 2.24) is 9.38 Å². The van der Waals surface area contributed by atoms with Gasteiger partial charge in [-0.1, -0.05) is 31.2 Å². The lowest BCUT2D eigenvalue weighted by Crippen LogP contribution is -1.95. The Morgan fingerprint density at radius 1 is 1.23 bits per heavy atom. The van der Waals surface area contributed by atoms with Gasteiger partial charge in [-0.15, -0.1) is 11.3 Å². The topological polar surface area (TPSA) is 56.5 Å². The maximum atomic E-state index is 6.36. The number of benzene rings is 1. The van der Waals surface area contributed by atoms with Crippen molar-refractivity contribution >= 4 is 22.1 Å². The first-order chi connectivity index (χ1) is 10.8. The molecular weight excluding hydrogens is 294 g/mol. The fourth-order valence-electron chi connectivity index (χ4n) is 2.59. The van der Waals surface area contributed by atoms with Gasteiger partial charge in [-0.25, -0.2) is 4.98 Å². The van der Waals surface area contributed by atoms with E-state index in [0.29, 0.717) is 5.82 Å². The lowest BCUT2D eigenvalue weighted by atomic mass is 10.1. The maximum absolute atomic E-state index is 6.36. The number of hydrogen-bond donors (Lipinski definition) is 1. The molecule has 3 aromatic heterocycles. The summed E-state index contributed by atoms with van der Waals surface area (Å²) in [6, 6.07) is 12.2. The third-order valence-corrected chi connectivity index (χ3v) is 4.63. The molecule has 0 saturated heterocycles. The van der Waals surface area contributed by atoms with Crippen LogP contribution in [-0.2, 0) is 6.42 Å². The summed E-state index contributed by atoms with van der Waals surface area (Å²) in [4.78, 5) is 5.56. The minimum absolute atomic E-state index is 0.645. The number of fused-ring (bicyclic) bond motifs is 1. The Morgan fingerprint density at radius 3 is 2.73 bits per heavy atom. The van der Waals surface area contributed by atoms with E-state index in [0.717, 1.165) is 34.1 Å². The van der Waals surface area contributed by atoms with Crippen LogP contribution in [0, 0.1) is 0 Å². The molecule has 1 aromatic carbocycles. The Bertz CT molecular complexity index is 917. The number of imidazole rings is 1. The van der Waals surface area contributed by atoms with Crippen molar-refractivity contribution in [2.45, 2.75) is 13.3 Å². The summed E-state index contributed by atoms with van der Waals surface area (Å²) >= 11 is 1.56. The molecule has 0 aliphatic carbocycles. The van der Waals surface area contributed by atoms with Crippen LogP contribution in [0.1, 0.15) is 12.5 Å². The van der Waals surface area contributed by atoms with Crippen LogP contribution in [0.25, 0.3) is 27.7 Å². The number of nitrogen functional groups attached to an aromatic ring is 1. The molecule has 0 atom stereocenters. The second-order valence-corrected chi connectivity index (χ2v) is 5.95. The molecule has 3 heterocycles. The number of anilines is 1. The first kappa shape index (κ1) is 13.2. The van der Waals surface area contributed by atoms with E-state index in [1.807, 2.05) is 21.9 Å². The maximum Gasteiger partial charge on any atom is 0.196 e. The molecular formula is C17H15N3OS. The average molecular weight is 309 g/mol. The van der Waals surface area contributed by atoms with Crippen molar-refractivity contribution in [2.24, 2.45) is 0 Å². The molecule has 4 aromatic rings. The van der Waals surface area contributed by atoms with Gasteiger partial charge >= 0.3 is 0 Å². The first-order valence-corrected chi connectivity index (χ1v) is 8.04. The van der Waals surface area contributed by atoms with Crippen LogP contribution in [-0.4, -0.2) is 9.38 Å². The molecule has 0 unspecified atom stereocenters. The summed E-state index contributed by atoms with van der Waals surface area (Å²) in [5, 5.41) is 2.02. The van der Waals surface area contributed by atoms with Crippen molar-refractivity contribution in [3.8, 4) is 22.7 Å². The third kappa shape index (κ3) is 1.94. The van der Waals surface area contributed by atoms with Crippen molar-refractivity contribution in [3.05, 3.63) is 53.6 Å². The van der Waals surface area contributed by atoms with Crippen LogP contribution in [0.5, 0.6) is 0 Å². The molecule has 0 saturated carbocycles. The summed E-state index contributed by atoms with van der Waals surface area (Å²) in [7, 11) is 0. The first-order valence-electron chi connectivity index (χ1n) is 7.16. The molecule has 4 nitrogen and oxygen atoms in total. The zero-order chi connectivity index (χ0) is 15.1. The molecule has 0 radical (unpaired) electrons. The monoisotopic (exact) mass is 309 g/mol. The van der Waals surface area contributed by atoms with Crippen molar-refractivity contribution < 1.29 is 4.42 Å². The summed E-state index contributed by atoms with van der Waals surface area (Å²) in [5.41, 5.74) is 10.5. The molecule has 110 valence electrons. The fraction of sp³-hybridized carbons (Fsp3) is 0.118. The number of hydrogen-bond acceptors (Lipinski definition) is 4. The smallest absolute Gasteiger partial charge is 0.196 e. The molecule has 0 aliphatic rings. The number of aryl methyl sites for hydroxylation is 1. The minimum atomic E-state index is 0.645. The molecule has 2 N–H and O–H groups in total. The number of rotatable bonds is 3. The number of aromatic nitrogens is 2. The van der Waals surface area contributed by atoms with E-state index < -0.39 is 0 Å². The van der Waals surface area contributed by atoms with E-state index >= 15 is 0 Å². The van der Waals surface area contributed by atoms with E-state index in [9.17, 15) is 0 Å². The van der Waals surface area contributed by atoms with Gasteiger partial charge in [0.15, 0.2) is 10.7 Å². The van der Waals surface area contributed by atoms with Gasteiger partial charge in [0.2, 0.25) is 0 Å². The highest BCUT2D eigenvalue weighted by atomic mass is 32.1. The highest BCUT2D eigenvalue weighted by Gasteiger charge is 2.17. The highest BCUT2D eigenvalue weighted by molar-refractivity contribution is 7.15. The molecule has 5 heteroatoms. The largest absolute Gasteiger partial charge is 0.463 e. The minimum Gasteiger partial charge on any atom is -0.463 e. The van der Waals surface area contributed by atoms with E-state index in [1.165, 1.54) is 5.56 Å². The number of thiazole rings is 1. The molecule has 0 amide bonds. The summed E-state index contributed by atoms with van der Waals surface area (Å²) < 4.78 is 7.44. The quantitative estimate of drug-likeness (QED) is 0.607. The molecule has 4 rings (SSSR count). The van der Waals surface area contributed by atoms with E-state index in [4.69, 9.17) is 10.2 Å². The Kier molecular flexibility index (Phi) is 3.01. The van der Waals surface area contributed by atoms with Crippen LogP contribution in [0.3, 0.4) is 0 Å². The number of nitrogens with two attached hydrogens (primary N) is 1. The van der Waals surface area contributed by atoms with E-state index in [2.05, 4.69) is 36.2 Å². The van der Waals surface area contributed by atoms with E-state index in [1.54, 1.807) is 17.6 Å². The predicted molar refractivity (Wildman–Crippen MR) is 90.0 cm³/mol. The summed E-state index contributed by atoms with van der Waals surface area (Å²) in [6.45, 7) is 2.14. The lowest BCUT2D eigenvalue weighted by molar-refractivity contribution is 0.579. The third-order valence-electron chi connectivity index (χ3n) is 3.81. The Labute approximate surface area is 131 Å². The van der Waals surface area contributed by atoms with Crippen molar-refractivity contribution in [2.75, 3.05) is 5.73 Å². The van der Waals surface area contributed by atoms with Gasteiger partial charge in [-0.05, 0) is 24.1 Å². The fourth-order valence-corrected chi connectivity index (χ4v) is 3.47. The highest BCUT2D eigenvalue weighted by Crippen LogP contribution is 2.34. The predicted octanol–water partition coefficient (Wildman–Crippen LogP) is 4.47. The van der Waals surface area contributed by atoms with Gasteiger partial charge in [0.25, 0.3) is 0 Å². The van der Waals surface area contributed by atoms with Gasteiger partial charge in [0.05, 0.1) is 6.26 Å². The molecule has 0 aliphatic heterocycles. The van der Waals surface area contributed by atoms with Gasteiger partial charge in [0.1, 0.15) is 17.2 Å². The molecule has 0 fully saturated rings. The van der Waals surface area contributed by atoms with E-state index in [-0.39, 0.29) is 0 Å². The Balaban J connectivity index is 1.87. The van der Waals surface area contributed by atoms with Gasteiger partial charge in [0, 0.05) is 10.9 Å². The zero-order valence-electron chi connectivity index (χ0n) is 12.1. The van der Waals surface area contributed by atoms with Gasteiger partial charge < -0.3 is 10.2 Å². The molecule has 22 heavy (non-hydrogen) atoms. The Morgan fingerprint density at radius 2 is 2.05 bits per heavy atom. The number of nitrogens with zero attached hydrogens (tertiary/aromatic N) is 2. The molecule has 0 spiro atoms. The summed E-state index contributed by atoms with van der Waals surface area (Å²) in [6.07, 6.45) is 2.69. The second-order valence-electron chi connectivity index (χ2n) is 5.11. The zero-order valence-corrected chi connectivity index (χ0v) is 12.9. The SMILES string of the molecule is CCc1ccc(-c2nc3scc(-c4ccco4)n3c2N)cc1.